The molecule has 2 amide bonds. The molecule has 3 aromatic rings. The van der Waals surface area contributed by atoms with Gasteiger partial charge in [-0.3, -0.25) is 9.59 Å². The van der Waals surface area contributed by atoms with Gasteiger partial charge in [0.2, 0.25) is 11.8 Å². The normalized spacial score (nSPS) is 13.8. The minimum atomic E-state index is -4.75. The second-order valence-electron chi connectivity index (χ2n) is 7.53. The highest BCUT2D eigenvalue weighted by Crippen LogP contribution is 2.37. The minimum Gasteiger partial charge on any atom is -0.457 e. The third kappa shape index (κ3) is 5.49. The van der Waals surface area contributed by atoms with Crippen LogP contribution in [0.15, 0.2) is 65.1 Å². The number of carbonyl (C=O) groups excluding carboxylic acids is 2. The number of halogens is 4. The van der Waals surface area contributed by atoms with Gasteiger partial charge >= 0.3 is 6.18 Å². The van der Waals surface area contributed by atoms with Crippen molar-refractivity contribution < 1.29 is 31.6 Å². The van der Waals surface area contributed by atoms with Gasteiger partial charge in [-0.15, -0.1) is 0 Å². The van der Waals surface area contributed by atoms with Gasteiger partial charge in [-0.25, -0.2) is 4.39 Å². The highest BCUT2D eigenvalue weighted by molar-refractivity contribution is 6.02. The van der Waals surface area contributed by atoms with Crippen molar-refractivity contribution in [2.45, 2.75) is 19.0 Å². The first kappa shape index (κ1) is 22.3. The third-order valence-electron chi connectivity index (χ3n) is 4.96. The maximum absolute atomic E-state index is 13.9. The van der Waals surface area contributed by atoms with Crippen LogP contribution in [0, 0.1) is 11.7 Å². The van der Waals surface area contributed by atoms with E-state index in [9.17, 15) is 27.2 Å². The Morgan fingerprint density at radius 1 is 1.00 bits per heavy atom. The molecule has 1 aliphatic rings. The summed E-state index contributed by atoms with van der Waals surface area (Å²) < 4.78 is 59.9. The van der Waals surface area contributed by atoms with Crippen LogP contribution in [0.5, 0.6) is 0 Å². The van der Waals surface area contributed by atoms with Crippen molar-refractivity contribution in [3.8, 4) is 11.3 Å². The summed E-state index contributed by atoms with van der Waals surface area (Å²) >= 11 is 0. The number of benzene rings is 2. The highest BCUT2D eigenvalue weighted by Gasteiger charge is 2.35. The van der Waals surface area contributed by atoms with Crippen LogP contribution in [-0.4, -0.2) is 11.8 Å². The zero-order valence-corrected chi connectivity index (χ0v) is 17.1. The van der Waals surface area contributed by atoms with E-state index in [4.69, 9.17) is 4.42 Å². The molecule has 1 saturated carbocycles. The molecule has 170 valence electrons. The van der Waals surface area contributed by atoms with Crippen LogP contribution in [0.1, 0.15) is 24.2 Å². The van der Waals surface area contributed by atoms with Crippen LogP contribution >= 0.6 is 0 Å². The summed E-state index contributed by atoms with van der Waals surface area (Å²) in [5, 5.41) is 4.65. The van der Waals surface area contributed by atoms with E-state index in [0.717, 1.165) is 31.1 Å². The zero-order chi connectivity index (χ0) is 23.6. The molecule has 9 heteroatoms. The molecule has 2 N–H and O–H groups in total. The molecule has 0 radical (unpaired) electrons. The third-order valence-corrected chi connectivity index (χ3v) is 4.96. The van der Waals surface area contributed by atoms with Gasteiger partial charge in [0.25, 0.3) is 0 Å². The predicted molar refractivity (Wildman–Crippen MR) is 115 cm³/mol. The molecule has 4 rings (SSSR count). The maximum atomic E-state index is 13.9. The van der Waals surface area contributed by atoms with Crippen molar-refractivity contribution in [2.24, 2.45) is 5.92 Å². The van der Waals surface area contributed by atoms with E-state index in [-0.39, 0.29) is 34.6 Å². The summed E-state index contributed by atoms with van der Waals surface area (Å²) in [7, 11) is 0. The SMILES string of the molecule is O=C(/C=C/c1ccc(-c2ccccc2F)o1)Nc1ccc(NC(=O)C2CC2)cc1C(F)(F)F. The Hall–Kier alpha value is -3.88. The molecule has 0 aliphatic heterocycles. The Bertz CT molecular complexity index is 1230. The molecule has 5 nitrogen and oxygen atoms in total. The van der Waals surface area contributed by atoms with Crippen LogP contribution in [0.25, 0.3) is 17.4 Å². The number of amides is 2. The Morgan fingerprint density at radius 3 is 2.45 bits per heavy atom. The van der Waals surface area contributed by atoms with Crippen molar-refractivity contribution in [1.82, 2.24) is 0 Å². The van der Waals surface area contributed by atoms with Gasteiger partial charge < -0.3 is 15.1 Å². The van der Waals surface area contributed by atoms with E-state index in [2.05, 4.69) is 10.6 Å². The largest absolute Gasteiger partial charge is 0.457 e. The summed E-state index contributed by atoms with van der Waals surface area (Å²) in [4.78, 5) is 24.0. The average molecular weight is 458 g/mol. The molecule has 2 aromatic carbocycles. The fourth-order valence-corrected chi connectivity index (χ4v) is 3.14. The van der Waals surface area contributed by atoms with E-state index < -0.39 is 29.2 Å². The summed E-state index contributed by atoms with van der Waals surface area (Å²) in [6.07, 6.45) is -1.04. The fourth-order valence-electron chi connectivity index (χ4n) is 3.14. The van der Waals surface area contributed by atoms with Crippen LogP contribution in [0.3, 0.4) is 0 Å². The average Bonchev–Trinajstić information content (AvgIpc) is 3.51. The van der Waals surface area contributed by atoms with Crippen LogP contribution in [0.2, 0.25) is 0 Å². The van der Waals surface area contributed by atoms with E-state index in [1.54, 1.807) is 6.07 Å². The van der Waals surface area contributed by atoms with Gasteiger partial charge in [0.1, 0.15) is 17.3 Å². The Kier molecular flexibility index (Phi) is 6.04. The van der Waals surface area contributed by atoms with Crippen molar-refractivity contribution in [2.75, 3.05) is 10.6 Å². The van der Waals surface area contributed by atoms with Crippen molar-refractivity contribution in [3.05, 3.63) is 77.8 Å². The first-order chi connectivity index (χ1) is 15.7. The number of alkyl halides is 3. The van der Waals surface area contributed by atoms with Gasteiger partial charge in [0.15, 0.2) is 0 Å². The molecule has 0 saturated heterocycles. The number of furan rings is 1. The molecule has 0 unspecified atom stereocenters. The molecular formula is C24H18F4N2O3. The van der Waals surface area contributed by atoms with Crippen LogP contribution < -0.4 is 10.6 Å². The lowest BCUT2D eigenvalue weighted by Gasteiger charge is -2.15. The lowest BCUT2D eigenvalue weighted by atomic mass is 10.1. The van der Waals surface area contributed by atoms with Gasteiger partial charge in [-0.05, 0) is 61.4 Å². The molecule has 1 fully saturated rings. The second kappa shape index (κ2) is 8.93. The molecule has 1 heterocycles. The highest BCUT2D eigenvalue weighted by atomic mass is 19.4. The number of carbonyl (C=O) groups is 2. The lowest BCUT2D eigenvalue weighted by Crippen LogP contribution is -2.17. The number of hydrogen-bond acceptors (Lipinski definition) is 3. The monoisotopic (exact) mass is 458 g/mol. The second-order valence-corrected chi connectivity index (χ2v) is 7.53. The standard InChI is InChI=1S/C24H18F4N2O3/c25-19-4-2-1-3-17(19)21-11-8-16(33-21)9-12-22(31)30-20-10-7-15(13-18(20)24(26,27)28)29-23(32)14-5-6-14/h1-4,7-14H,5-6H2,(H,29,32)(H,30,31)/b12-9+. The van der Waals surface area contributed by atoms with E-state index in [1.807, 2.05) is 0 Å². The Morgan fingerprint density at radius 2 is 1.76 bits per heavy atom. The molecule has 0 atom stereocenters. The van der Waals surface area contributed by atoms with Crippen LogP contribution in [-0.2, 0) is 15.8 Å². The molecular weight excluding hydrogens is 440 g/mol. The molecule has 1 aromatic heterocycles. The van der Waals surface area contributed by atoms with Crippen molar-refractivity contribution in [1.29, 1.82) is 0 Å². The van der Waals surface area contributed by atoms with Gasteiger partial charge in [0, 0.05) is 17.7 Å². The molecule has 33 heavy (non-hydrogen) atoms. The van der Waals surface area contributed by atoms with Gasteiger partial charge in [-0.2, -0.15) is 13.2 Å². The summed E-state index contributed by atoms with van der Waals surface area (Å²) in [6, 6.07) is 12.2. The van der Waals surface area contributed by atoms with E-state index in [0.29, 0.717) is 0 Å². The fraction of sp³-hybridized carbons (Fsp3) is 0.167. The van der Waals surface area contributed by atoms with Crippen molar-refractivity contribution in [3.63, 3.8) is 0 Å². The number of hydrogen-bond donors (Lipinski definition) is 2. The summed E-state index contributed by atoms with van der Waals surface area (Å²) in [5.41, 5.74) is -1.29. The first-order valence-corrected chi connectivity index (χ1v) is 10.1. The number of rotatable bonds is 6. The molecule has 0 spiro atoms. The van der Waals surface area contributed by atoms with E-state index in [1.165, 1.54) is 42.5 Å². The smallest absolute Gasteiger partial charge is 0.418 e. The molecule has 1 aliphatic carbocycles. The Balaban J connectivity index is 1.47. The Labute approximate surface area is 186 Å². The first-order valence-electron chi connectivity index (χ1n) is 10.1. The lowest BCUT2D eigenvalue weighted by molar-refractivity contribution is -0.137. The van der Waals surface area contributed by atoms with Crippen LogP contribution in [0.4, 0.5) is 28.9 Å². The number of nitrogens with one attached hydrogen (secondary N) is 2. The van der Waals surface area contributed by atoms with Crippen molar-refractivity contribution >= 4 is 29.3 Å². The number of anilines is 2. The van der Waals surface area contributed by atoms with E-state index >= 15 is 0 Å². The summed E-state index contributed by atoms with van der Waals surface area (Å²) in [6.45, 7) is 0. The van der Waals surface area contributed by atoms with Gasteiger partial charge in [0.05, 0.1) is 16.8 Å². The molecule has 0 bridgehead atoms. The topological polar surface area (TPSA) is 71.3 Å². The maximum Gasteiger partial charge on any atom is 0.418 e. The van der Waals surface area contributed by atoms with Gasteiger partial charge in [-0.1, -0.05) is 12.1 Å². The zero-order valence-electron chi connectivity index (χ0n) is 17.1. The minimum absolute atomic E-state index is 0.00373. The summed E-state index contributed by atoms with van der Waals surface area (Å²) in [5.74, 6) is -1.31. The quantitative estimate of drug-likeness (QED) is 0.346. The predicted octanol–water partition coefficient (Wildman–Crippen LogP) is 6.10.